The third-order valence-electron chi connectivity index (χ3n) is 5.52. The molecule has 9 heteroatoms. The highest BCUT2D eigenvalue weighted by Crippen LogP contribution is 2.27. The first-order valence-corrected chi connectivity index (χ1v) is 9.61. The van der Waals surface area contributed by atoms with E-state index in [1.807, 2.05) is 11.8 Å². The van der Waals surface area contributed by atoms with Crippen molar-refractivity contribution in [2.45, 2.75) is 38.1 Å². The fraction of sp³-hybridized carbons (Fsp3) is 0.579. The van der Waals surface area contributed by atoms with Gasteiger partial charge in [-0.05, 0) is 31.5 Å². The van der Waals surface area contributed by atoms with Crippen LogP contribution in [0.5, 0.6) is 0 Å². The Morgan fingerprint density at radius 1 is 1.39 bits per heavy atom. The number of morpholine rings is 1. The molecule has 3 atom stereocenters. The van der Waals surface area contributed by atoms with Crippen molar-refractivity contribution in [2.75, 3.05) is 37.7 Å². The van der Waals surface area contributed by atoms with Crippen LogP contribution in [0.1, 0.15) is 13.3 Å². The Hall–Kier alpha value is -2.26. The average Bonchev–Trinajstić information content (AvgIpc) is 3.02. The Balaban J connectivity index is 1.68. The van der Waals surface area contributed by atoms with Gasteiger partial charge in [-0.3, -0.25) is 4.79 Å². The van der Waals surface area contributed by atoms with Gasteiger partial charge in [0.2, 0.25) is 11.9 Å². The first kappa shape index (κ1) is 19.1. The molecule has 4 rings (SSSR count). The molecule has 2 aromatic rings. The highest BCUT2D eigenvalue weighted by molar-refractivity contribution is 5.83. The van der Waals surface area contributed by atoms with Crippen molar-refractivity contribution in [2.24, 2.45) is 5.73 Å². The summed E-state index contributed by atoms with van der Waals surface area (Å²) in [5.74, 6) is 0.0501. The number of aromatic nitrogens is 2. The lowest BCUT2D eigenvalue weighted by Gasteiger charge is -2.35. The predicted molar refractivity (Wildman–Crippen MR) is 101 cm³/mol. The number of imidazole rings is 1. The predicted octanol–water partition coefficient (Wildman–Crippen LogP) is 1.30. The van der Waals surface area contributed by atoms with Crippen LogP contribution in [0.3, 0.4) is 0 Å². The molecule has 2 saturated heterocycles. The first-order chi connectivity index (χ1) is 13.4. The minimum Gasteiger partial charge on any atom is -0.377 e. The van der Waals surface area contributed by atoms with Crippen molar-refractivity contribution in [3.8, 4) is 0 Å². The molecule has 28 heavy (non-hydrogen) atoms. The average molecular weight is 393 g/mol. The van der Waals surface area contributed by atoms with E-state index in [0.29, 0.717) is 56.3 Å². The summed E-state index contributed by atoms with van der Waals surface area (Å²) >= 11 is 0. The number of hydrogen-bond acceptors (Lipinski definition) is 5. The number of piperidine rings is 1. The summed E-state index contributed by atoms with van der Waals surface area (Å²) in [7, 11) is 0. The minimum atomic E-state index is -1.05. The molecule has 0 radical (unpaired) electrons. The third kappa shape index (κ3) is 3.56. The van der Waals surface area contributed by atoms with E-state index in [9.17, 15) is 13.6 Å². The normalized spacial score (nSPS) is 26.1. The fourth-order valence-corrected chi connectivity index (χ4v) is 3.94. The van der Waals surface area contributed by atoms with E-state index in [1.165, 1.54) is 12.1 Å². The second kappa shape index (κ2) is 7.63. The molecule has 2 aliphatic rings. The van der Waals surface area contributed by atoms with Gasteiger partial charge in [-0.25, -0.2) is 13.8 Å². The fourth-order valence-electron chi connectivity index (χ4n) is 3.94. The molecule has 152 valence electrons. The summed E-state index contributed by atoms with van der Waals surface area (Å²) < 4.78 is 34.8. The van der Waals surface area contributed by atoms with Crippen LogP contribution in [0.15, 0.2) is 18.2 Å². The maximum absolute atomic E-state index is 13.9. The number of anilines is 1. The molecule has 1 aromatic heterocycles. The highest BCUT2D eigenvalue weighted by Gasteiger charge is 2.31. The lowest BCUT2D eigenvalue weighted by atomic mass is 10.1. The van der Waals surface area contributed by atoms with Gasteiger partial charge in [0.25, 0.3) is 0 Å². The summed E-state index contributed by atoms with van der Waals surface area (Å²) in [6.07, 6.45) is -0.755. The van der Waals surface area contributed by atoms with Crippen molar-refractivity contribution in [3.63, 3.8) is 0 Å². The summed E-state index contributed by atoms with van der Waals surface area (Å²) in [5, 5.41) is 0. The van der Waals surface area contributed by atoms with Gasteiger partial charge in [0.1, 0.15) is 18.5 Å². The molecule has 1 aromatic carbocycles. The Morgan fingerprint density at radius 2 is 2.21 bits per heavy atom. The number of carbonyl (C=O) groups is 1. The van der Waals surface area contributed by atoms with Gasteiger partial charge in [-0.15, -0.1) is 0 Å². The number of nitrogens with two attached hydrogens (primary N) is 1. The van der Waals surface area contributed by atoms with Crippen molar-refractivity contribution < 1.29 is 18.3 Å². The lowest BCUT2D eigenvalue weighted by molar-refractivity contribution is -0.139. The molecule has 1 unspecified atom stereocenters. The molecule has 0 bridgehead atoms. The van der Waals surface area contributed by atoms with Crippen LogP contribution in [0.2, 0.25) is 0 Å². The number of benzene rings is 1. The maximum Gasteiger partial charge on any atom is 0.243 e. The van der Waals surface area contributed by atoms with Gasteiger partial charge in [-0.1, -0.05) is 0 Å². The van der Waals surface area contributed by atoms with Gasteiger partial charge in [0.15, 0.2) is 0 Å². The standard InChI is InChI=1S/C19H25F2N5O2/c1-12-11-28-7-6-25(12)18(27)10-26-17-8-13(20)2-3-16(17)23-19(26)24-5-4-14(21)15(22)9-24/h2-3,8,12,14-15H,4-7,9-11,22H2,1H3/t12?,14-,15-/m1/s1. The van der Waals surface area contributed by atoms with Crippen LogP contribution < -0.4 is 10.6 Å². The highest BCUT2D eigenvalue weighted by atomic mass is 19.1. The molecule has 7 nitrogen and oxygen atoms in total. The van der Waals surface area contributed by atoms with Crippen LogP contribution in [0, 0.1) is 5.82 Å². The molecule has 2 aliphatic heterocycles. The number of alkyl halides is 1. The van der Waals surface area contributed by atoms with Crippen LogP contribution in [0.25, 0.3) is 11.0 Å². The lowest BCUT2D eigenvalue weighted by Crippen LogP contribution is -2.51. The van der Waals surface area contributed by atoms with E-state index in [2.05, 4.69) is 4.98 Å². The smallest absolute Gasteiger partial charge is 0.243 e. The first-order valence-electron chi connectivity index (χ1n) is 9.61. The summed E-state index contributed by atoms with van der Waals surface area (Å²) in [5.41, 5.74) is 7.04. The molecular formula is C19H25F2N5O2. The molecule has 1 amide bonds. The number of rotatable bonds is 3. The van der Waals surface area contributed by atoms with E-state index in [1.54, 1.807) is 15.5 Å². The van der Waals surface area contributed by atoms with Gasteiger partial charge in [-0.2, -0.15) is 0 Å². The zero-order valence-corrected chi connectivity index (χ0v) is 15.9. The molecule has 0 spiro atoms. The molecular weight excluding hydrogens is 368 g/mol. The van der Waals surface area contributed by atoms with E-state index in [0.717, 1.165) is 0 Å². The van der Waals surface area contributed by atoms with Crippen LogP contribution in [-0.2, 0) is 16.1 Å². The van der Waals surface area contributed by atoms with Crippen molar-refractivity contribution in [3.05, 3.63) is 24.0 Å². The number of hydrogen-bond donors (Lipinski definition) is 1. The Morgan fingerprint density at radius 3 is 2.96 bits per heavy atom. The molecule has 2 fully saturated rings. The number of nitrogens with zero attached hydrogens (tertiary/aromatic N) is 4. The summed E-state index contributed by atoms with van der Waals surface area (Å²) in [6, 6.07) is 3.67. The summed E-state index contributed by atoms with van der Waals surface area (Å²) in [6.45, 7) is 4.24. The zero-order chi connectivity index (χ0) is 19.8. The second-order valence-electron chi connectivity index (χ2n) is 7.56. The number of fused-ring (bicyclic) bond motifs is 1. The second-order valence-corrected chi connectivity index (χ2v) is 7.56. The number of carbonyl (C=O) groups excluding carboxylic acids is 1. The van der Waals surface area contributed by atoms with E-state index < -0.39 is 18.0 Å². The van der Waals surface area contributed by atoms with Crippen molar-refractivity contribution >= 4 is 22.9 Å². The Labute approximate surface area is 162 Å². The van der Waals surface area contributed by atoms with E-state index in [4.69, 9.17) is 10.5 Å². The molecule has 3 heterocycles. The van der Waals surface area contributed by atoms with Gasteiger partial charge in [0.05, 0.1) is 36.3 Å². The van der Waals surface area contributed by atoms with E-state index in [-0.39, 0.29) is 18.5 Å². The number of amides is 1. The largest absolute Gasteiger partial charge is 0.377 e. The minimum absolute atomic E-state index is 0.0214. The molecule has 0 saturated carbocycles. The SMILES string of the molecule is CC1COCCN1C(=O)Cn1c(N2CC[C@@H](F)[C@H](N)C2)nc2ccc(F)cc21. The molecule has 2 N–H and O–H groups in total. The maximum atomic E-state index is 13.9. The Kier molecular flexibility index (Phi) is 5.20. The van der Waals surface area contributed by atoms with Crippen LogP contribution >= 0.6 is 0 Å². The van der Waals surface area contributed by atoms with Crippen molar-refractivity contribution in [1.82, 2.24) is 14.5 Å². The number of ether oxygens (including phenoxy) is 1. The summed E-state index contributed by atoms with van der Waals surface area (Å²) in [4.78, 5) is 21.2. The van der Waals surface area contributed by atoms with Gasteiger partial charge < -0.3 is 24.8 Å². The van der Waals surface area contributed by atoms with Crippen molar-refractivity contribution in [1.29, 1.82) is 0 Å². The third-order valence-corrected chi connectivity index (χ3v) is 5.52. The van der Waals surface area contributed by atoms with Gasteiger partial charge in [0, 0.05) is 19.6 Å². The van der Waals surface area contributed by atoms with Crippen LogP contribution in [0.4, 0.5) is 14.7 Å². The molecule has 0 aliphatic carbocycles. The Bertz CT molecular complexity index is 873. The van der Waals surface area contributed by atoms with E-state index >= 15 is 0 Å². The van der Waals surface area contributed by atoms with Gasteiger partial charge >= 0.3 is 0 Å². The quantitative estimate of drug-likeness (QED) is 0.851. The topological polar surface area (TPSA) is 76.6 Å². The van der Waals surface area contributed by atoms with Crippen LogP contribution in [-0.4, -0.2) is 71.5 Å². The monoisotopic (exact) mass is 393 g/mol. The number of halogens is 2. The zero-order valence-electron chi connectivity index (χ0n) is 15.9.